The van der Waals surface area contributed by atoms with Gasteiger partial charge in [-0.3, -0.25) is 0 Å². The number of para-hydroxylation sites is 1. The van der Waals surface area contributed by atoms with Crippen LogP contribution in [0.5, 0.6) is 0 Å². The average molecular weight is 495 g/mol. The third-order valence-corrected chi connectivity index (χ3v) is 9.76. The predicted octanol–water partition coefficient (Wildman–Crippen LogP) is 0.0490. The Balaban J connectivity index is 1.77. The highest BCUT2D eigenvalue weighted by Crippen LogP contribution is 2.49. The van der Waals surface area contributed by atoms with Crippen LogP contribution in [0.4, 0.5) is 0 Å². The van der Waals surface area contributed by atoms with Crippen molar-refractivity contribution in [2.45, 2.75) is 19.3 Å². The van der Waals surface area contributed by atoms with E-state index in [0.29, 0.717) is 0 Å². The van der Waals surface area contributed by atoms with E-state index in [-0.39, 0.29) is 5.41 Å². The van der Waals surface area contributed by atoms with E-state index in [4.69, 9.17) is 0 Å². The summed E-state index contributed by atoms with van der Waals surface area (Å²) in [7, 11) is 11.5. The highest BCUT2D eigenvalue weighted by molar-refractivity contribution is 6.68. The summed E-state index contributed by atoms with van der Waals surface area (Å²) in [6, 6.07) is 31.7. The van der Waals surface area contributed by atoms with Gasteiger partial charge in [-0.1, -0.05) is 85.4 Å². The standard InChI is InChI=1S/C33H30B5N/c1-33(2)18-9-6-8-17(16-18)20-12-7-13-22-24(20)26-23(39(22)19-10-4-3-5-11-19)15-14-21(27(26)33)25-28(34)30(36)32(38)31(37)29(25)35/h3-16H,34-38H2,1-2H3. The molecule has 39 heavy (non-hydrogen) atoms. The van der Waals surface area contributed by atoms with Crippen molar-refractivity contribution in [3.05, 3.63) is 96.1 Å². The fraction of sp³-hybridized carbons (Fsp3) is 0.0909. The maximum atomic E-state index is 2.47. The summed E-state index contributed by atoms with van der Waals surface area (Å²) in [5, 5.41) is 2.74. The van der Waals surface area contributed by atoms with Crippen LogP contribution in [0, 0.1) is 0 Å². The van der Waals surface area contributed by atoms with Gasteiger partial charge >= 0.3 is 0 Å². The molecule has 7 rings (SSSR count). The van der Waals surface area contributed by atoms with E-state index >= 15 is 0 Å². The minimum absolute atomic E-state index is 0.195. The summed E-state index contributed by atoms with van der Waals surface area (Å²) in [4.78, 5) is 0. The molecule has 1 aromatic heterocycles. The molecule has 1 aliphatic rings. The third-order valence-electron chi connectivity index (χ3n) is 9.76. The monoisotopic (exact) mass is 495 g/mol. The molecule has 6 heteroatoms. The Bertz CT molecular complexity index is 1960. The van der Waals surface area contributed by atoms with Gasteiger partial charge in [0.1, 0.15) is 39.2 Å². The second-order valence-corrected chi connectivity index (χ2v) is 12.0. The SMILES string of the molecule is Bc1c(B)c(B)c(-c2ccc3c4c2C(C)(C)c2cccc(c2)-c2cccc(c24)n3-c2ccccc2)c(B)c1B. The molecule has 0 saturated carbocycles. The molecule has 0 fully saturated rings. The topological polar surface area (TPSA) is 4.93 Å². The first-order valence-corrected chi connectivity index (χ1v) is 14.1. The zero-order valence-electron chi connectivity index (χ0n) is 24.0. The molecule has 2 bridgehead atoms. The molecule has 0 N–H and O–H groups in total. The Morgan fingerprint density at radius 2 is 1.21 bits per heavy atom. The van der Waals surface area contributed by atoms with Crippen LogP contribution in [0.3, 0.4) is 0 Å². The van der Waals surface area contributed by atoms with E-state index in [1.807, 2.05) is 0 Å². The Morgan fingerprint density at radius 1 is 0.564 bits per heavy atom. The number of aromatic nitrogens is 1. The number of benzene rings is 5. The molecular formula is C33H30B5N. The Hall–Kier alpha value is -3.78. The van der Waals surface area contributed by atoms with Crippen LogP contribution in [-0.2, 0) is 5.41 Å². The Morgan fingerprint density at radius 3 is 1.92 bits per heavy atom. The van der Waals surface area contributed by atoms with Gasteiger partial charge in [0.05, 0.1) is 11.0 Å². The van der Waals surface area contributed by atoms with Gasteiger partial charge in [0, 0.05) is 21.9 Å². The minimum Gasteiger partial charge on any atom is -0.309 e. The van der Waals surface area contributed by atoms with Crippen LogP contribution >= 0.6 is 0 Å². The quantitative estimate of drug-likeness (QED) is 0.300. The summed E-state index contributed by atoms with van der Waals surface area (Å²) in [6.07, 6.45) is 0. The molecule has 6 aromatic rings. The van der Waals surface area contributed by atoms with E-state index in [1.165, 1.54) is 88.2 Å². The smallest absolute Gasteiger partial charge is 0.139 e. The summed E-state index contributed by atoms with van der Waals surface area (Å²) in [5.74, 6) is 0. The first-order valence-electron chi connectivity index (χ1n) is 14.1. The van der Waals surface area contributed by atoms with E-state index in [0.717, 1.165) is 0 Å². The van der Waals surface area contributed by atoms with Gasteiger partial charge in [0.25, 0.3) is 0 Å². The second kappa shape index (κ2) is 8.36. The Kier molecular flexibility index (Phi) is 5.20. The molecule has 0 radical (unpaired) electrons. The fourth-order valence-electron chi connectivity index (χ4n) is 7.23. The van der Waals surface area contributed by atoms with Crippen molar-refractivity contribution in [2.75, 3.05) is 0 Å². The largest absolute Gasteiger partial charge is 0.309 e. The lowest BCUT2D eigenvalue weighted by Gasteiger charge is -2.33. The normalized spacial score (nSPS) is 13.6. The maximum absolute atomic E-state index is 2.47. The Labute approximate surface area is 235 Å². The number of rotatable bonds is 2. The van der Waals surface area contributed by atoms with Crippen molar-refractivity contribution >= 4 is 88.4 Å². The molecule has 0 spiro atoms. The van der Waals surface area contributed by atoms with E-state index in [2.05, 4.69) is 143 Å². The number of fused-ring (bicyclic) bond motifs is 3. The third kappa shape index (κ3) is 3.21. The fourth-order valence-corrected chi connectivity index (χ4v) is 7.23. The molecule has 0 amide bonds. The van der Waals surface area contributed by atoms with E-state index < -0.39 is 0 Å². The van der Waals surface area contributed by atoms with Gasteiger partial charge < -0.3 is 4.57 Å². The zero-order chi connectivity index (χ0) is 27.2. The first kappa shape index (κ1) is 24.3. The molecule has 1 nitrogen and oxygen atoms in total. The van der Waals surface area contributed by atoms with Crippen molar-refractivity contribution in [3.8, 4) is 27.9 Å². The predicted molar refractivity (Wildman–Crippen MR) is 185 cm³/mol. The lowest BCUT2D eigenvalue weighted by Crippen LogP contribution is -2.55. The number of hydrogen-bond donors (Lipinski definition) is 0. The number of hydrogen-bond acceptors (Lipinski definition) is 0. The zero-order valence-corrected chi connectivity index (χ0v) is 24.0. The van der Waals surface area contributed by atoms with Crippen LogP contribution < -0.4 is 27.3 Å². The lowest BCUT2D eigenvalue weighted by atomic mass is 9.58. The van der Waals surface area contributed by atoms with Gasteiger partial charge in [0.15, 0.2) is 0 Å². The molecule has 0 saturated heterocycles. The van der Waals surface area contributed by atoms with Crippen molar-refractivity contribution in [3.63, 3.8) is 0 Å². The first-order chi connectivity index (χ1) is 18.7. The molecule has 0 aliphatic heterocycles. The van der Waals surface area contributed by atoms with Gasteiger partial charge in [0.2, 0.25) is 0 Å². The summed E-state index contributed by atoms with van der Waals surface area (Å²) < 4.78 is 2.47. The van der Waals surface area contributed by atoms with E-state index in [9.17, 15) is 0 Å². The number of nitrogens with zero attached hydrogens (tertiary/aromatic N) is 1. The second-order valence-electron chi connectivity index (χ2n) is 12.0. The van der Waals surface area contributed by atoms with Crippen molar-refractivity contribution in [2.24, 2.45) is 0 Å². The van der Waals surface area contributed by atoms with E-state index in [1.54, 1.807) is 0 Å². The van der Waals surface area contributed by atoms with Gasteiger partial charge in [-0.15, -0.1) is 16.4 Å². The van der Waals surface area contributed by atoms with Crippen molar-refractivity contribution in [1.29, 1.82) is 0 Å². The maximum Gasteiger partial charge on any atom is 0.139 e. The highest BCUT2D eigenvalue weighted by atomic mass is 15.0. The summed E-state index contributed by atoms with van der Waals surface area (Å²) in [5.41, 5.74) is 18.7. The summed E-state index contributed by atoms with van der Waals surface area (Å²) >= 11 is 0. The van der Waals surface area contributed by atoms with Crippen molar-refractivity contribution in [1.82, 2.24) is 4.57 Å². The molecule has 182 valence electrons. The molecular weight excluding hydrogens is 464 g/mol. The van der Waals surface area contributed by atoms with Crippen LogP contribution in [0.1, 0.15) is 25.0 Å². The average Bonchev–Trinajstić information content (AvgIpc) is 3.29. The van der Waals surface area contributed by atoms with Crippen molar-refractivity contribution < 1.29 is 0 Å². The summed E-state index contributed by atoms with van der Waals surface area (Å²) in [6.45, 7) is 4.84. The van der Waals surface area contributed by atoms with Crippen LogP contribution in [-0.4, -0.2) is 43.8 Å². The van der Waals surface area contributed by atoms with Crippen LogP contribution in [0.15, 0.2) is 84.9 Å². The molecule has 0 atom stereocenters. The van der Waals surface area contributed by atoms with Gasteiger partial charge in [-0.2, -0.15) is 0 Å². The molecule has 0 unspecified atom stereocenters. The van der Waals surface area contributed by atoms with Crippen LogP contribution in [0.25, 0.3) is 49.7 Å². The lowest BCUT2D eigenvalue weighted by molar-refractivity contribution is 0.649. The van der Waals surface area contributed by atoms with Gasteiger partial charge in [-0.05, 0) is 57.6 Å². The van der Waals surface area contributed by atoms with Gasteiger partial charge in [-0.25, -0.2) is 0 Å². The van der Waals surface area contributed by atoms with Crippen LogP contribution in [0.2, 0.25) is 0 Å². The molecule has 5 aromatic carbocycles. The molecule has 1 heterocycles. The molecule has 1 aliphatic carbocycles. The minimum atomic E-state index is -0.195. The highest BCUT2D eigenvalue weighted by Gasteiger charge is 2.34.